The van der Waals surface area contributed by atoms with Crippen LogP contribution in [0.2, 0.25) is 0 Å². The van der Waals surface area contributed by atoms with E-state index in [4.69, 9.17) is 10.2 Å². The number of aliphatic hydroxyl groups excluding tert-OH is 1. The van der Waals surface area contributed by atoms with Crippen molar-refractivity contribution in [3.63, 3.8) is 0 Å². The van der Waals surface area contributed by atoms with E-state index in [0.29, 0.717) is 6.54 Å². The van der Waals surface area contributed by atoms with E-state index in [1.807, 2.05) is 13.8 Å². The third-order valence-electron chi connectivity index (χ3n) is 2.48. The Morgan fingerprint density at radius 3 is 2.81 bits per heavy atom. The van der Waals surface area contributed by atoms with Gasteiger partial charge in [-0.2, -0.15) is 0 Å². The van der Waals surface area contributed by atoms with Crippen LogP contribution >= 0.6 is 11.3 Å². The van der Waals surface area contributed by atoms with Crippen LogP contribution in [0.5, 0.6) is 0 Å². The van der Waals surface area contributed by atoms with Crippen LogP contribution in [0.3, 0.4) is 0 Å². The number of aliphatic hydroxyl groups is 1. The van der Waals surface area contributed by atoms with E-state index >= 15 is 0 Å². The summed E-state index contributed by atoms with van der Waals surface area (Å²) in [4.78, 5) is 14.6. The lowest BCUT2D eigenvalue weighted by Gasteiger charge is -2.18. The van der Waals surface area contributed by atoms with E-state index in [0.717, 1.165) is 17.0 Å². The van der Waals surface area contributed by atoms with Gasteiger partial charge in [0.2, 0.25) is 5.01 Å². The number of carbonyl (C=O) groups is 1. The maximum Gasteiger partial charge on any atom is 0.365 e. The molecule has 2 unspecified atom stereocenters. The first-order chi connectivity index (χ1) is 7.54. The Morgan fingerprint density at radius 1 is 1.62 bits per heavy atom. The molecule has 0 bridgehead atoms. The molecule has 0 aliphatic carbocycles. The minimum Gasteiger partial charge on any atom is -0.476 e. The maximum absolute atomic E-state index is 10.6. The molecule has 0 aliphatic rings. The summed E-state index contributed by atoms with van der Waals surface area (Å²) in [6.45, 7) is 4.58. The standard InChI is InChI=1S/C10H16N2O3S/c1-6(4-13)7(2)11-3-8-5-16-9(12-8)10(14)15/h5-7,11,13H,3-4H2,1-2H3,(H,14,15). The topological polar surface area (TPSA) is 82.5 Å². The summed E-state index contributed by atoms with van der Waals surface area (Å²) in [6, 6.07) is 0.167. The van der Waals surface area contributed by atoms with Crippen LogP contribution in [0.15, 0.2) is 5.38 Å². The molecule has 5 nitrogen and oxygen atoms in total. The molecule has 90 valence electrons. The molecule has 0 aliphatic heterocycles. The van der Waals surface area contributed by atoms with Crippen LogP contribution in [0.1, 0.15) is 29.3 Å². The minimum absolute atomic E-state index is 0.111. The number of rotatable bonds is 6. The summed E-state index contributed by atoms with van der Waals surface area (Å²) in [6.07, 6.45) is 0. The summed E-state index contributed by atoms with van der Waals surface area (Å²) in [5, 5.41) is 22.7. The zero-order valence-corrected chi connectivity index (χ0v) is 10.1. The van der Waals surface area contributed by atoms with Gasteiger partial charge in [0.15, 0.2) is 0 Å². The van der Waals surface area contributed by atoms with Gasteiger partial charge in [0, 0.05) is 24.6 Å². The highest BCUT2D eigenvalue weighted by molar-refractivity contribution is 7.11. The monoisotopic (exact) mass is 244 g/mol. The third-order valence-corrected chi connectivity index (χ3v) is 3.36. The van der Waals surface area contributed by atoms with E-state index in [9.17, 15) is 4.79 Å². The highest BCUT2D eigenvalue weighted by atomic mass is 32.1. The van der Waals surface area contributed by atoms with Gasteiger partial charge in [-0.25, -0.2) is 9.78 Å². The number of thiazole rings is 1. The molecule has 0 fully saturated rings. The molecule has 0 amide bonds. The van der Waals surface area contributed by atoms with E-state index in [2.05, 4.69) is 10.3 Å². The number of nitrogens with one attached hydrogen (secondary N) is 1. The van der Waals surface area contributed by atoms with Crippen LogP contribution in [-0.2, 0) is 6.54 Å². The molecule has 0 saturated carbocycles. The molecular weight excluding hydrogens is 228 g/mol. The number of aromatic carboxylic acids is 1. The van der Waals surface area contributed by atoms with Crippen molar-refractivity contribution in [2.24, 2.45) is 5.92 Å². The Bertz CT molecular complexity index is 354. The molecule has 0 radical (unpaired) electrons. The molecule has 16 heavy (non-hydrogen) atoms. The fourth-order valence-electron chi connectivity index (χ4n) is 1.11. The second-order valence-corrected chi connectivity index (χ2v) is 4.64. The highest BCUT2D eigenvalue weighted by Gasteiger charge is 2.12. The van der Waals surface area contributed by atoms with Crippen LogP contribution in [-0.4, -0.2) is 33.8 Å². The van der Waals surface area contributed by atoms with E-state index in [-0.39, 0.29) is 23.6 Å². The van der Waals surface area contributed by atoms with Gasteiger partial charge in [-0.3, -0.25) is 0 Å². The Hall–Kier alpha value is -0.980. The van der Waals surface area contributed by atoms with Crippen molar-refractivity contribution in [2.45, 2.75) is 26.4 Å². The SMILES string of the molecule is CC(CO)C(C)NCc1csc(C(=O)O)n1. The smallest absolute Gasteiger partial charge is 0.365 e. The Morgan fingerprint density at radius 2 is 2.31 bits per heavy atom. The summed E-state index contributed by atoms with van der Waals surface area (Å²) in [7, 11) is 0. The van der Waals surface area contributed by atoms with Crippen molar-refractivity contribution in [3.8, 4) is 0 Å². The fraction of sp³-hybridized carbons (Fsp3) is 0.600. The summed E-state index contributed by atoms with van der Waals surface area (Å²) >= 11 is 1.12. The van der Waals surface area contributed by atoms with E-state index < -0.39 is 5.97 Å². The second kappa shape index (κ2) is 5.93. The van der Waals surface area contributed by atoms with Gasteiger partial charge < -0.3 is 15.5 Å². The number of hydrogen-bond donors (Lipinski definition) is 3. The quantitative estimate of drug-likeness (QED) is 0.694. The fourth-order valence-corrected chi connectivity index (χ4v) is 1.77. The minimum atomic E-state index is -0.993. The molecule has 2 atom stereocenters. The van der Waals surface area contributed by atoms with Gasteiger partial charge in [-0.05, 0) is 12.8 Å². The van der Waals surface area contributed by atoms with Gasteiger partial charge >= 0.3 is 5.97 Å². The Labute approximate surface area is 98.1 Å². The van der Waals surface area contributed by atoms with Gasteiger partial charge in [0.05, 0.1) is 5.69 Å². The van der Waals surface area contributed by atoms with Crippen molar-refractivity contribution in [1.29, 1.82) is 0 Å². The Kier molecular flexibility index (Phi) is 4.85. The van der Waals surface area contributed by atoms with Crippen LogP contribution in [0, 0.1) is 5.92 Å². The average Bonchev–Trinajstić information content (AvgIpc) is 2.73. The van der Waals surface area contributed by atoms with Crippen LogP contribution in [0.25, 0.3) is 0 Å². The molecular formula is C10H16N2O3S. The zero-order chi connectivity index (χ0) is 12.1. The molecule has 1 rings (SSSR count). The van der Waals surface area contributed by atoms with Gasteiger partial charge in [0.25, 0.3) is 0 Å². The van der Waals surface area contributed by atoms with Crippen molar-refractivity contribution in [2.75, 3.05) is 6.61 Å². The van der Waals surface area contributed by atoms with Gasteiger partial charge in [-0.1, -0.05) is 6.92 Å². The normalized spacial score (nSPS) is 14.7. The average molecular weight is 244 g/mol. The lowest BCUT2D eigenvalue weighted by atomic mass is 10.1. The lowest BCUT2D eigenvalue weighted by Crippen LogP contribution is -2.33. The predicted molar refractivity (Wildman–Crippen MR) is 61.6 cm³/mol. The zero-order valence-electron chi connectivity index (χ0n) is 9.30. The molecule has 1 heterocycles. The number of nitrogens with zero attached hydrogens (tertiary/aromatic N) is 1. The van der Waals surface area contributed by atoms with Crippen LogP contribution in [0.4, 0.5) is 0 Å². The molecule has 6 heteroatoms. The lowest BCUT2D eigenvalue weighted by molar-refractivity contribution is 0.0696. The highest BCUT2D eigenvalue weighted by Crippen LogP contribution is 2.10. The van der Waals surface area contributed by atoms with Crippen molar-refractivity contribution >= 4 is 17.3 Å². The van der Waals surface area contributed by atoms with Gasteiger partial charge in [0.1, 0.15) is 0 Å². The number of carboxylic acids is 1. The maximum atomic E-state index is 10.6. The third kappa shape index (κ3) is 3.55. The van der Waals surface area contributed by atoms with Gasteiger partial charge in [-0.15, -0.1) is 11.3 Å². The van der Waals surface area contributed by atoms with Crippen molar-refractivity contribution < 1.29 is 15.0 Å². The number of hydrogen-bond acceptors (Lipinski definition) is 5. The summed E-state index contributed by atoms with van der Waals surface area (Å²) in [5.74, 6) is -0.828. The number of carboxylic acid groups (broad SMARTS) is 1. The molecule has 0 aromatic carbocycles. The predicted octanol–water partition coefficient (Wildman–Crippen LogP) is 0.948. The Balaban J connectivity index is 2.45. The van der Waals surface area contributed by atoms with Crippen molar-refractivity contribution in [3.05, 3.63) is 16.1 Å². The molecule has 1 aromatic heterocycles. The first-order valence-corrected chi connectivity index (χ1v) is 5.94. The molecule has 0 saturated heterocycles. The largest absolute Gasteiger partial charge is 0.476 e. The summed E-state index contributed by atoms with van der Waals surface area (Å²) in [5.41, 5.74) is 0.722. The first kappa shape index (κ1) is 13.1. The first-order valence-electron chi connectivity index (χ1n) is 5.06. The summed E-state index contributed by atoms with van der Waals surface area (Å²) < 4.78 is 0. The number of aromatic nitrogens is 1. The second-order valence-electron chi connectivity index (χ2n) is 3.78. The van der Waals surface area contributed by atoms with Crippen molar-refractivity contribution in [1.82, 2.24) is 10.3 Å². The molecule has 3 N–H and O–H groups in total. The van der Waals surface area contributed by atoms with E-state index in [1.165, 1.54) is 0 Å². The molecule has 1 aromatic rings. The van der Waals surface area contributed by atoms with E-state index in [1.54, 1.807) is 5.38 Å². The van der Waals surface area contributed by atoms with Crippen LogP contribution < -0.4 is 5.32 Å². The molecule has 0 spiro atoms.